The minimum absolute atomic E-state index is 0.238. The number of nitrogens with two attached hydrogens (primary N) is 2. The molecular weight excluding hydrogens is 198 g/mol. The van der Waals surface area contributed by atoms with Crippen molar-refractivity contribution in [1.29, 1.82) is 0 Å². The molecule has 78 valence electrons. The van der Waals surface area contributed by atoms with Crippen LogP contribution >= 0.6 is 11.3 Å². The second-order valence-electron chi connectivity index (χ2n) is 3.29. The van der Waals surface area contributed by atoms with E-state index in [9.17, 15) is 4.79 Å². The number of rotatable bonds is 3. The number of carbonyl (C=O) groups excluding carboxylic acids is 1. The van der Waals surface area contributed by atoms with Crippen molar-refractivity contribution in [2.45, 2.75) is 19.4 Å². The van der Waals surface area contributed by atoms with Crippen molar-refractivity contribution >= 4 is 17.2 Å². The zero-order valence-electron chi connectivity index (χ0n) is 8.36. The Morgan fingerprint density at radius 1 is 1.71 bits per heavy atom. The van der Waals surface area contributed by atoms with Gasteiger partial charge in [-0.3, -0.25) is 9.80 Å². The second kappa shape index (κ2) is 4.54. The van der Waals surface area contributed by atoms with E-state index >= 15 is 0 Å². The highest BCUT2D eigenvalue weighted by molar-refractivity contribution is 7.10. The van der Waals surface area contributed by atoms with Crippen LogP contribution in [-0.2, 0) is 11.2 Å². The first-order valence-corrected chi connectivity index (χ1v) is 5.21. The van der Waals surface area contributed by atoms with Gasteiger partial charge in [-0.05, 0) is 23.9 Å². The molecule has 0 aliphatic heterocycles. The van der Waals surface area contributed by atoms with Crippen molar-refractivity contribution < 1.29 is 4.79 Å². The maximum absolute atomic E-state index is 11.4. The molecule has 1 aromatic rings. The van der Waals surface area contributed by atoms with E-state index in [1.807, 2.05) is 18.4 Å². The first kappa shape index (κ1) is 11.2. The van der Waals surface area contributed by atoms with Crippen LogP contribution in [0.2, 0.25) is 0 Å². The molecule has 4 N–H and O–H groups in total. The number of likely N-dealkylation sites (N-methyl/N-ethyl adjacent to an activating group) is 1. The van der Waals surface area contributed by atoms with Crippen LogP contribution in [0.1, 0.15) is 10.4 Å². The topological polar surface area (TPSA) is 72.4 Å². The summed E-state index contributed by atoms with van der Waals surface area (Å²) in [4.78, 5) is 12.5. The van der Waals surface area contributed by atoms with Gasteiger partial charge in [0.05, 0.1) is 6.04 Å². The molecule has 0 saturated carbocycles. The van der Waals surface area contributed by atoms with Gasteiger partial charge in [0.2, 0.25) is 0 Å². The molecule has 0 radical (unpaired) electrons. The zero-order chi connectivity index (χ0) is 10.7. The lowest BCUT2D eigenvalue weighted by atomic mass is 10.1. The van der Waals surface area contributed by atoms with Crippen LogP contribution in [0.4, 0.5) is 0 Å². The summed E-state index contributed by atoms with van der Waals surface area (Å²) >= 11 is 1.62. The number of hydrogen-bond donors (Lipinski definition) is 2. The fraction of sp³-hybridized carbons (Fsp3) is 0.444. The van der Waals surface area contributed by atoms with E-state index in [1.54, 1.807) is 11.3 Å². The van der Waals surface area contributed by atoms with Gasteiger partial charge in [0, 0.05) is 18.3 Å². The number of carbonyl (C=O) groups is 1. The standard InChI is InChI=1S/C9H15N3OS/c1-6-3-4-14-8(6)5-7(10)9(13)12(2)11/h3-4,7H,5,10-11H2,1-2H3. The maximum Gasteiger partial charge on any atom is 0.253 e. The molecule has 14 heavy (non-hydrogen) atoms. The predicted molar refractivity (Wildman–Crippen MR) is 57.7 cm³/mol. The van der Waals surface area contributed by atoms with Crippen molar-refractivity contribution in [3.63, 3.8) is 0 Å². The smallest absolute Gasteiger partial charge is 0.253 e. The van der Waals surface area contributed by atoms with E-state index < -0.39 is 6.04 Å². The van der Waals surface area contributed by atoms with Crippen LogP contribution in [0.25, 0.3) is 0 Å². The van der Waals surface area contributed by atoms with Crippen LogP contribution in [0, 0.1) is 6.92 Å². The van der Waals surface area contributed by atoms with Crippen molar-refractivity contribution in [1.82, 2.24) is 5.01 Å². The van der Waals surface area contributed by atoms with Crippen LogP contribution in [0.15, 0.2) is 11.4 Å². The third-order valence-electron chi connectivity index (χ3n) is 2.04. The van der Waals surface area contributed by atoms with Gasteiger partial charge in [0.1, 0.15) is 0 Å². The van der Waals surface area contributed by atoms with Crippen LogP contribution in [0.3, 0.4) is 0 Å². The molecule has 1 amide bonds. The number of hydrazine groups is 1. The molecule has 0 fully saturated rings. The molecule has 0 bridgehead atoms. The molecule has 1 aromatic heterocycles. The second-order valence-corrected chi connectivity index (χ2v) is 4.29. The minimum atomic E-state index is -0.539. The maximum atomic E-state index is 11.4. The highest BCUT2D eigenvalue weighted by atomic mass is 32.1. The van der Waals surface area contributed by atoms with Gasteiger partial charge in [-0.2, -0.15) is 0 Å². The average Bonchev–Trinajstić information content (AvgIpc) is 2.50. The summed E-state index contributed by atoms with van der Waals surface area (Å²) in [6.07, 6.45) is 0.559. The molecule has 0 spiro atoms. The van der Waals surface area contributed by atoms with Crippen molar-refractivity contribution in [2.24, 2.45) is 11.6 Å². The highest BCUT2D eigenvalue weighted by Crippen LogP contribution is 2.17. The Kier molecular flexibility index (Phi) is 3.62. The predicted octanol–water partition coefficient (Wildman–Crippen LogP) is 0.258. The summed E-state index contributed by atoms with van der Waals surface area (Å²) in [6, 6.07) is 1.48. The van der Waals surface area contributed by atoms with E-state index in [-0.39, 0.29) is 5.91 Å². The van der Waals surface area contributed by atoms with Gasteiger partial charge in [-0.1, -0.05) is 0 Å². The molecule has 0 aliphatic rings. The summed E-state index contributed by atoms with van der Waals surface area (Å²) in [7, 11) is 1.50. The normalized spacial score (nSPS) is 12.6. The zero-order valence-corrected chi connectivity index (χ0v) is 9.17. The molecule has 1 heterocycles. The Bertz CT molecular complexity index is 322. The first-order valence-electron chi connectivity index (χ1n) is 4.33. The fourth-order valence-corrected chi connectivity index (χ4v) is 2.13. The van der Waals surface area contributed by atoms with E-state index in [2.05, 4.69) is 0 Å². The van der Waals surface area contributed by atoms with E-state index in [4.69, 9.17) is 11.6 Å². The number of thiophene rings is 1. The van der Waals surface area contributed by atoms with E-state index in [1.165, 1.54) is 12.6 Å². The quantitative estimate of drug-likeness (QED) is 0.430. The summed E-state index contributed by atoms with van der Waals surface area (Å²) in [5.41, 5.74) is 6.89. The van der Waals surface area contributed by atoms with Crippen molar-refractivity contribution in [3.05, 3.63) is 21.9 Å². The van der Waals surface area contributed by atoms with E-state index in [0.717, 1.165) is 9.89 Å². The number of hydrogen-bond acceptors (Lipinski definition) is 4. The average molecular weight is 213 g/mol. The largest absolute Gasteiger partial charge is 0.320 e. The molecule has 0 aliphatic carbocycles. The Morgan fingerprint density at radius 2 is 2.36 bits per heavy atom. The number of nitrogens with zero attached hydrogens (tertiary/aromatic N) is 1. The molecule has 4 nitrogen and oxygen atoms in total. The third-order valence-corrected chi connectivity index (χ3v) is 3.08. The highest BCUT2D eigenvalue weighted by Gasteiger charge is 2.17. The Labute approximate surface area is 87.5 Å². The Hall–Kier alpha value is -0.910. The number of aryl methyl sites for hydroxylation is 1. The van der Waals surface area contributed by atoms with Gasteiger partial charge in [-0.25, -0.2) is 5.84 Å². The van der Waals surface area contributed by atoms with Crippen LogP contribution in [0.5, 0.6) is 0 Å². The molecule has 0 saturated heterocycles. The van der Waals surface area contributed by atoms with Crippen LogP contribution < -0.4 is 11.6 Å². The third kappa shape index (κ3) is 2.54. The van der Waals surface area contributed by atoms with Gasteiger partial charge >= 0.3 is 0 Å². The summed E-state index contributed by atoms with van der Waals surface area (Å²) in [5, 5.41) is 3.03. The Balaban J connectivity index is 2.62. The lowest BCUT2D eigenvalue weighted by Crippen LogP contribution is -2.46. The van der Waals surface area contributed by atoms with Gasteiger partial charge in [0.15, 0.2) is 0 Å². The summed E-state index contributed by atoms with van der Waals surface area (Å²) in [6.45, 7) is 2.01. The summed E-state index contributed by atoms with van der Waals surface area (Å²) < 4.78 is 0. The Morgan fingerprint density at radius 3 is 2.79 bits per heavy atom. The molecule has 1 rings (SSSR count). The molecular formula is C9H15N3OS. The van der Waals surface area contributed by atoms with Gasteiger partial charge < -0.3 is 5.73 Å². The minimum Gasteiger partial charge on any atom is -0.320 e. The van der Waals surface area contributed by atoms with Gasteiger partial charge in [0.25, 0.3) is 5.91 Å². The molecule has 1 unspecified atom stereocenters. The monoisotopic (exact) mass is 213 g/mol. The fourth-order valence-electron chi connectivity index (χ4n) is 1.16. The van der Waals surface area contributed by atoms with Crippen molar-refractivity contribution in [3.8, 4) is 0 Å². The number of amides is 1. The van der Waals surface area contributed by atoms with Crippen LogP contribution in [-0.4, -0.2) is 24.0 Å². The lowest BCUT2D eigenvalue weighted by molar-refractivity contribution is -0.131. The molecule has 1 atom stereocenters. The SMILES string of the molecule is Cc1ccsc1CC(N)C(=O)N(C)N. The van der Waals surface area contributed by atoms with Gasteiger partial charge in [-0.15, -0.1) is 11.3 Å². The van der Waals surface area contributed by atoms with Crippen molar-refractivity contribution in [2.75, 3.05) is 7.05 Å². The first-order chi connectivity index (χ1) is 6.52. The van der Waals surface area contributed by atoms with E-state index in [0.29, 0.717) is 6.42 Å². The summed E-state index contributed by atoms with van der Waals surface area (Å²) in [5.74, 6) is 5.07. The molecule has 5 heteroatoms. The lowest BCUT2D eigenvalue weighted by Gasteiger charge is -2.15. The molecule has 0 aromatic carbocycles.